The number of rotatable bonds is 2. The van der Waals surface area contributed by atoms with Crippen molar-refractivity contribution in [1.29, 1.82) is 0 Å². The van der Waals surface area contributed by atoms with Gasteiger partial charge in [-0.25, -0.2) is 9.97 Å². The molecule has 24 heavy (non-hydrogen) atoms. The average Bonchev–Trinajstić information content (AvgIpc) is 3.23. The molecule has 1 N–H and O–H groups in total. The lowest BCUT2D eigenvalue weighted by atomic mass is 9.98. The molecule has 0 unspecified atom stereocenters. The fourth-order valence-corrected chi connectivity index (χ4v) is 3.29. The molecule has 4 heterocycles. The molecule has 124 valence electrons. The summed E-state index contributed by atoms with van der Waals surface area (Å²) < 4.78 is 3.21. The Morgan fingerprint density at radius 2 is 2.21 bits per heavy atom. The highest BCUT2D eigenvalue weighted by molar-refractivity contribution is 5.92. The molecule has 1 aliphatic rings. The second kappa shape index (κ2) is 5.63. The fourth-order valence-electron chi connectivity index (χ4n) is 3.29. The van der Waals surface area contributed by atoms with E-state index >= 15 is 0 Å². The number of amides is 1. The van der Waals surface area contributed by atoms with Crippen molar-refractivity contribution in [3.63, 3.8) is 0 Å². The molecule has 4 rings (SSSR count). The molecule has 0 spiro atoms. The van der Waals surface area contributed by atoms with Gasteiger partial charge in [0.25, 0.3) is 11.5 Å². The summed E-state index contributed by atoms with van der Waals surface area (Å²) in [5, 5.41) is 0. The van der Waals surface area contributed by atoms with E-state index in [0.29, 0.717) is 18.0 Å². The van der Waals surface area contributed by atoms with Crippen LogP contribution in [0.2, 0.25) is 0 Å². The van der Waals surface area contributed by atoms with E-state index in [-0.39, 0.29) is 17.5 Å². The summed E-state index contributed by atoms with van der Waals surface area (Å²) in [5.41, 5.74) is 1.00. The van der Waals surface area contributed by atoms with Gasteiger partial charge in [0.1, 0.15) is 5.69 Å². The quantitative estimate of drug-likeness (QED) is 0.764. The highest BCUT2D eigenvalue weighted by Crippen LogP contribution is 2.30. The van der Waals surface area contributed by atoms with E-state index in [2.05, 4.69) is 15.0 Å². The highest BCUT2D eigenvalue weighted by atomic mass is 16.2. The van der Waals surface area contributed by atoms with E-state index < -0.39 is 0 Å². The van der Waals surface area contributed by atoms with Crippen LogP contribution < -0.4 is 5.56 Å². The molecule has 0 saturated carbocycles. The molecule has 1 amide bonds. The number of nitrogens with zero attached hydrogens (tertiary/aromatic N) is 5. The second-order valence-electron chi connectivity index (χ2n) is 6.12. The van der Waals surface area contributed by atoms with Gasteiger partial charge in [0.15, 0.2) is 0 Å². The topological polar surface area (TPSA) is 88.3 Å². The number of aromatic amines is 1. The second-order valence-corrected chi connectivity index (χ2v) is 6.12. The molecule has 0 aromatic carbocycles. The molecule has 8 heteroatoms. The Morgan fingerprint density at radius 3 is 3.00 bits per heavy atom. The van der Waals surface area contributed by atoms with Crippen LogP contribution in [-0.2, 0) is 7.05 Å². The van der Waals surface area contributed by atoms with E-state index in [1.807, 2.05) is 7.05 Å². The Kier molecular flexibility index (Phi) is 3.44. The number of carbonyl (C=O) groups excluding carboxylic acids is 1. The van der Waals surface area contributed by atoms with Crippen LogP contribution in [0.5, 0.6) is 0 Å². The smallest absolute Gasteiger partial charge is 0.274 e. The number of aryl methyl sites for hydroxylation is 1. The molecule has 1 atom stereocenters. The van der Waals surface area contributed by atoms with Crippen LogP contribution in [0.3, 0.4) is 0 Å². The van der Waals surface area contributed by atoms with Gasteiger partial charge in [-0.05, 0) is 19.3 Å². The summed E-state index contributed by atoms with van der Waals surface area (Å²) in [5.74, 6) is 0.387. The van der Waals surface area contributed by atoms with Crippen molar-refractivity contribution in [2.45, 2.75) is 25.3 Å². The number of fused-ring (bicyclic) bond motifs is 1. The van der Waals surface area contributed by atoms with Crippen molar-refractivity contribution in [1.82, 2.24) is 28.8 Å². The molecule has 0 aliphatic carbocycles. The number of aromatic nitrogens is 5. The third kappa shape index (κ3) is 2.40. The minimum Gasteiger partial charge on any atom is -0.340 e. The molecule has 0 radical (unpaired) electrons. The molecule has 3 aromatic rings. The van der Waals surface area contributed by atoms with Crippen molar-refractivity contribution in [2.75, 3.05) is 6.54 Å². The number of likely N-dealkylation sites (tertiary alicyclic amines) is 1. The Labute approximate surface area is 137 Å². The lowest BCUT2D eigenvalue weighted by Crippen LogP contribution is -2.39. The van der Waals surface area contributed by atoms with Crippen molar-refractivity contribution in [2.24, 2.45) is 7.05 Å². The van der Waals surface area contributed by atoms with E-state index in [0.717, 1.165) is 25.0 Å². The fraction of sp³-hybridized carbons (Fsp3) is 0.375. The first-order valence-corrected chi connectivity index (χ1v) is 7.99. The molecule has 3 aromatic heterocycles. The number of hydrogen-bond donors (Lipinski definition) is 1. The maximum absolute atomic E-state index is 12.8. The van der Waals surface area contributed by atoms with E-state index in [1.54, 1.807) is 40.5 Å². The SMILES string of the molecule is Cn1cnc(C(=O)N2CCCC[C@H]2c2cc(=O)n3ccnc3[nH]2)c1. The van der Waals surface area contributed by atoms with Crippen LogP contribution in [0.1, 0.15) is 41.5 Å². The first-order chi connectivity index (χ1) is 11.6. The summed E-state index contributed by atoms with van der Waals surface area (Å²) in [6.45, 7) is 0.654. The number of hydrogen-bond acceptors (Lipinski definition) is 4. The van der Waals surface area contributed by atoms with Crippen LogP contribution >= 0.6 is 0 Å². The van der Waals surface area contributed by atoms with Crippen LogP contribution in [-0.4, -0.2) is 41.3 Å². The van der Waals surface area contributed by atoms with Crippen molar-refractivity contribution < 1.29 is 4.79 Å². The van der Waals surface area contributed by atoms with E-state index in [4.69, 9.17) is 0 Å². The van der Waals surface area contributed by atoms with Crippen LogP contribution in [0, 0.1) is 0 Å². The summed E-state index contributed by atoms with van der Waals surface area (Å²) in [6.07, 6.45) is 9.30. The average molecular weight is 326 g/mol. The molecule has 1 aliphatic heterocycles. The number of nitrogens with one attached hydrogen (secondary N) is 1. The number of carbonyl (C=O) groups is 1. The normalized spacial score (nSPS) is 18.2. The predicted molar refractivity (Wildman–Crippen MR) is 86.6 cm³/mol. The Morgan fingerprint density at radius 1 is 1.33 bits per heavy atom. The molecule has 0 bridgehead atoms. The van der Waals surface area contributed by atoms with E-state index in [1.165, 1.54) is 4.40 Å². The number of piperidine rings is 1. The zero-order valence-electron chi connectivity index (χ0n) is 13.3. The number of H-pyrrole nitrogens is 1. The highest BCUT2D eigenvalue weighted by Gasteiger charge is 2.30. The number of imidazole rings is 2. The third-order valence-electron chi connectivity index (χ3n) is 4.46. The summed E-state index contributed by atoms with van der Waals surface area (Å²) in [7, 11) is 1.83. The zero-order valence-corrected chi connectivity index (χ0v) is 13.3. The van der Waals surface area contributed by atoms with Crippen LogP contribution in [0.4, 0.5) is 0 Å². The van der Waals surface area contributed by atoms with Crippen molar-refractivity contribution in [3.8, 4) is 0 Å². The Balaban J connectivity index is 1.73. The predicted octanol–water partition coefficient (Wildman–Crippen LogP) is 1.12. The largest absolute Gasteiger partial charge is 0.340 e. The Hall–Kier alpha value is -2.90. The first-order valence-electron chi connectivity index (χ1n) is 7.99. The van der Waals surface area contributed by atoms with Gasteiger partial charge in [0.2, 0.25) is 5.78 Å². The van der Waals surface area contributed by atoms with Crippen LogP contribution in [0.15, 0.2) is 35.8 Å². The lowest BCUT2D eigenvalue weighted by molar-refractivity contribution is 0.0600. The van der Waals surface area contributed by atoms with Gasteiger partial charge in [-0.2, -0.15) is 0 Å². The minimum atomic E-state index is -0.164. The van der Waals surface area contributed by atoms with Gasteiger partial charge in [0, 0.05) is 43.9 Å². The van der Waals surface area contributed by atoms with Gasteiger partial charge in [-0.15, -0.1) is 0 Å². The minimum absolute atomic E-state index is 0.107. The molecule has 8 nitrogen and oxygen atoms in total. The van der Waals surface area contributed by atoms with E-state index in [9.17, 15) is 9.59 Å². The maximum atomic E-state index is 12.8. The maximum Gasteiger partial charge on any atom is 0.274 e. The standard InChI is InChI=1S/C16H18N6O2/c1-20-9-12(18-10-20)15(24)21-6-3-2-4-13(21)11-8-14(23)22-7-5-17-16(22)19-11/h5,7-10,13H,2-4,6H2,1H3,(H,17,19)/t13-/m0/s1. The lowest BCUT2D eigenvalue weighted by Gasteiger charge is -2.35. The monoisotopic (exact) mass is 326 g/mol. The van der Waals surface area contributed by atoms with Crippen molar-refractivity contribution in [3.05, 3.63) is 52.7 Å². The summed E-state index contributed by atoms with van der Waals surface area (Å²) in [4.78, 5) is 38.4. The van der Waals surface area contributed by atoms with Gasteiger partial charge in [-0.1, -0.05) is 0 Å². The Bertz CT molecular complexity index is 953. The molecule has 1 saturated heterocycles. The van der Waals surface area contributed by atoms with Crippen LogP contribution in [0.25, 0.3) is 5.78 Å². The van der Waals surface area contributed by atoms with Gasteiger partial charge >= 0.3 is 0 Å². The first kappa shape index (κ1) is 14.7. The molecular formula is C16H18N6O2. The van der Waals surface area contributed by atoms with Crippen molar-refractivity contribution >= 4 is 11.7 Å². The zero-order chi connectivity index (χ0) is 16.7. The third-order valence-corrected chi connectivity index (χ3v) is 4.46. The van der Waals surface area contributed by atoms with Gasteiger partial charge in [-0.3, -0.25) is 14.0 Å². The summed E-state index contributed by atoms with van der Waals surface area (Å²) in [6, 6.07) is 1.39. The molecular weight excluding hydrogens is 308 g/mol. The van der Waals surface area contributed by atoms with Gasteiger partial charge < -0.3 is 14.5 Å². The molecule has 1 fully saturated rings. The van der Waals surface area contributed by atoms with Gasteiger partial charge in [0.05, 0.1) is 12.4 Å². The summed E-state index contributed by atoms with van der Waals surface area (Å²) >= 11 is 0.